The van der Waals surface area contributed by atoms with Gasteiger partial charge in [0, 0.05) is 5.56 Å². The topological polar surface area (TPSA) is 30.2 Å². The number of hydrogen-bond acceptors (Lipinski definition) is 2. The van der Waals surface area contributed by atoms with E-state index in [0.717, 1.165) is 0 Å². The van der Waals surface area contributed by atoms with Gasteiger partial charge in [0.05, 0.1) is 5.39 Å². The summed E-state index contributed by atoms with van der Waals surface area (Å²) in [5.41, 5.74) is 1.35. The van der Waals surface area contributed by atoms with E-state index in [4.69, 9.17) is 4.42 Å². The third-order valence-electron chi connectivity index (χ3n) is 2.38. The molecule has 0 bridgehead atoms. The molecule has 0 unspecified atom stereocenters. The lowest BCUT2D eigenvalue weighted by molar-refractivity contribution is 0.585. The average Bonchev–Trinajstić information content (AvgIpc) is 2.26. The fraction of sp³-hybridized carbons (Fsp3) is 0.154. The highest BCUT2D eigenvalue weighted by atomic mass is 16.3. The number of allylic oxidation sites excluding steroid dienone is 1. The van der Waals surface area contributed by atoms with Gasteiger partial charge in [0.25, 0.3) is 0 Å². The average molecular weight is 200 g/mol. The predicted octanol–water partition coefficient (Wildman–Crippen LogP) is 3.13. The summed E-state index contributed by atoms with van der Waals surface area (Å²) in [6.07, 6.45) is 3.67. The lowest BCUT2D eigenvalue weighted by atomic mass is 10.1. The van der Waals surface area contributed by atoms with Gasteiger partial charge in [0.15, 0.2) is 5.43 Å². The van der Waals surface area contributed by atoms with Gasteiger partial charge < -0.3 is 4.42 Å². The Hall–Kier alpha value is -1.83. The maximum atomic E-state index is 11.9. The number of fused-ring (bicyclic) bond motifs is 1. The minimum absolute atomic E-state index is 0.0463. The van der Waals surface area contributed by atoms with Crippen LogP contribution in [0.5, 0.6) is 0 Å². The minimum atomic E-state index is 0.0463. The summed E-state index contributed by atoms with van der Waals surface area (Å²) < 4.78 is 5.63. The van der Waals surface area contributed by atoms with E-state index in [1.54, 1.807) is 13.0 Å². The summed E-state index contributed by atoms with van der Waals surface area (Å²) in [5.74, 6) is 0.640. The molecular formula is C13H12O2. The molecule has 0 saturated heterocycles. The highest BCUT2D eigenvalue weighted by Gasteiger charge is 2.07. The van der Waals surface area contributed by atoms with Gasteiger partial charge in [-0.15, -0.1) is 0 Å². The zero-order valence-corrected chi connectivity index (χ0v) is 8.78. The number of hydrogen-bond donors (Lipinski definition) is 0. The van der Waals surface area contributed by atoms with Gasteiger partial charge >= 0.3 is 0 Å². The van der Waals surface area contributed by atoms with Crippen molar-refractivity contribution in [1.29, 1.82) is 0 Å². The normalized spacial score (nSPS) is 11.3. The zero-order valence-electron chi connectivity index (χ0n) is 8.78. The highest BCUT2D eigenvalue weighted by molar-refractivity contribution is 5.78. The molecule has 2 heteroatoms. The van der Waals surface area contributed by atoms with Crippen LogP contribution in [0.2, 0.25) is 0 Å². The van der Waals surface area contributed by atoms with Crippen LogP contribution in [0.25, 0.3) is 17.0 Å². The summed E-state index contributed by atoms with van der Waals surface area (Å²) in [5, 5.41) is 0.642. The van der Waals surface area contributed by atoms with E-state index in [9.17, 15) is 4.79 Å². The monoisotopic (exact) mass is 200 g/mol. The van der Waals surface area contributed by atoms with E-state index in [2.05, 4.69) is 0 Å². The van der Waals surface area contributed by atoms with Crippen molar-refractivity contribution >= 4 is 17.0 Å². The van der Waals surface area contributed by atoms with Gasteiger partial charge in [-0.1, -0.05) is 18.2 Å². The standard InChI is InChI=1S/C13H12O2/c1-3-6-11-9(2)13(14)10-7-4-5-8-12(10)15-11/h3-8H,1-2H3/b6-3+. The second-order valence-electron chi connectivity index (χ2n) is 3.42. The molecule has 0 fully saturated rings. The van der Waals surface area contributed by atoms with Crippen molar-refractivity contribution in [1.82, 2.24) is 0 Å². The third kappa shape index (κ3) is 1.59. The first-order chi connectivity index (χ1) is 7.24. The molecule has 0 amide bonds. The Kier molecular flexibility index (Phi) is 2.42. The van der Waals surface area contributed by atoms with Crippen LogP contribution in [-0.2, 0) is 0 Å². The lowest BCUT2D eigenvalue weighted by Crippen LogP contribution is -2.06. The summed E-state index contributed by atoms with van der Waals surface area (Å²) in [6.45, 7) is 3.68. The lowest BCUT2D eigenvalue weighted by Gasteiger charge is -2.02. The Morgan fingerprint density at radius 2 is 2.00 bits per heavy atom. The van der Waals surface area contributed by atoms with Crippen molar-refractivity contribution in [3.8, 4) is 0 Å². The van der Waals surface area contributed by atoms with E-state index in [0.29, 0.717) is 22.3 Å². The Morgan fingerprint density at radius 3 is 2.73 bits per heavy atom. The maximum absolute atomic E-state index is 11.9. The molecule has 2 nitrogen and oxygen atoms in total. The van der Waals surface area contributed by atoms with Crippen LogP contribution < -0.4 is 5.43 Å². The molecule has 0 aliphatic rings. The summed E-state index contributed by atoms with van der Waals surface area (Å²) in [6, 6.07) is 7.30. The largest absolute Gasteiger partial charge is 0.456 e. The molecule has 0 N–H and O–H groups in total. The first-order valence-corrected chi connectivity index (χ1v) is 4.89. The van der Waals surface area contributed by atoms with Gasteiger partial charge in [-0.25, -0.2) is 0 Å². The van der Waals surface area contributed by atoms with Crippen molar-refractivity contribution in [2.75, 3.05) is 0 Å². The predicted molar refractivity (Wildman–Crippen MR) is 61.9 cm³/mol. The fourth-order valence-corrected chi connectivity index (χ4v) is 1.56. The Balaban J connectivity index is 2.88. The first kappa shape index (κ1) is 9.71. The van der Waals surface area contributed by atoms with Crippen molar-refractivity contribution in [2.45, 2.75) is 13.8 Å². The molecule has 0 radical (unpaired) electrons. The molecular weight excluding hydrogens is 188 g/mol. The van der Waals surface area contributed by atoms with Gasteiger partial charge in [0.1, 0.15) is 11.3 Å². The summed E-state index contributed by atoms with van der Waals surface area (Å²) in [4.78, 5) is 11.9. The molecule has 15 heavy (non-hydrogen) atoms. The van der Waals surface area contributed by atoms with Crippen LogP contribution in [0, 0.1) is 6.92 Å². The van der Waals surface area contributed by atoms with Crippen LogP contribution in [0.15, 0.2) is 39.6 Å². The van der Waals surface area contributed by atoms with Crippen LogP contribution in [0.3, 0.4) is 0 Å². The molecule has 0 saturated carbocycles. The smallest absolute Gasteiger partial charge is 0.196 e. The van der Waals surface area contributed by atoms with Gasteiger partial charge in [-0.3, -0.25) is 4.79 Å². The second-order valence-corrected chi connectivity index (χ2v) is 3.42. The van der Waals surface area contributed by atoms with Crippen molar-refractivity contribution < 1.29 is 4.42 Å². The molecule has 0 atom stereocenters. The van der Waals surface area contributed by atoms with E-state index in [1.165, 1.54) is 0 Å². The van der Waals surface area contributed by atoms with Gasteiger partial charge in [0.2, 0.25) is 0 Å². The Bertz CT molecular complexity index is 577. The second kappa shape index (κ2) is 3.73. The van der Waals surface area contributed by atoms with Crippen LogP contribution in [0.1, 0.15) is 18.2 Å². The molecule has 2 aromatic rings. The molecule has 1 heterocycles. The van der Waals surface area contributed by atoms with Crippen LogP contribution in [-0.4, -0.2) is 0 Å². The highest BCUT2D eigenvalue weighted by Crippen LogP contribution is 2.15. The molecule has 1 aromatic heterocycles. The van der Waals surface area contributed by atoms with Gasteiger partial charge in [-0.05, 0) is 32.1 Å². The Morgan fingerprint density at radius 1 is 1.27 bits per heavy atom. The molecule has 1 aromatic carbocycles. The zero-order chi connectivity index (χ0) is 10.8. The summed E-state index contributed by atoms with van der Waals surface area (Å²) in [7, 11) is 0. The van der Waals surface area contributed by atoms with E-state index >= 15 is 0 Å². The molecule has 0 aliphatic heterocycles. The maximum Gasteiger partial charge on any atom is 0.196 e. The summed E-state index contributed by atoms with van der Waals surface area (Å²) >= 11 is 0. The third-order valence-corrected chi connectivity index (χ3v) is 2.38. The van der Waals surface area contributed by atoms with Crippen LogP contribution >= 0.6 is 0 Å². The van der Waals surface area contributed by atoms with Gasteiger partial charge in [-0.2, -0.15) is 0 Å². The quantitative estimate of drug-likeness (QED) is 0.707. The van der Waals surface area contributed by atoms with Crippen molar-refractivity contribution in [3.63, 3.8) is 0 Å². The number of para-hydroxylation sites is 1. The van der Waals surface area contributed by atoms with Crippen molar-refractivity contribution in [3.05, 3.63) is 51.9 Å². The minimum Gasteiger partial charge on any atom is -0.456 e. The fourth-order valence-electron chi connectivity index (χ4n) is 1.56. The molecule has 0 aliphatic carbocycles. The Labute approximate surface area is 87.8 Å². The SMILES string of the molecule is C/C=C/c1oc2ccccc2c(=O)c1C. The van der Waals surface area contributed by atoms with E-state index in [1.807, 2.05) is 37.3 Å². The number of benzene rings is 1. The molecule has 0 spiro atoms. The van der Waals surface area contributed by atoms with E-state index < -0.39 is 0 Å². The van der Waals surface area contributed by atoms with E-state index in [-0.39, 0.29) is 5.43 Å². The number of rotatable bonds is 1. The molecule has 76 valence electrons. The first-order valence-electron chi connectivity index (χ1n) is 4.89. The van der Waals surface area contributed by atoms with Crippen LogP contribution in [0.4, 0.5) is 0 Å². The van der Waals surface area contributed by atoms with Crippen molar-refractivity contribution in [2.24, 2.45) is 0 Å². The molecule has 2 rings (SSSR count).